The minimum Gasteiger partial charge on any atom is -0.311 e. The second-order valence-corrected chi connectivity index (χ2v) is 17.6. The van der Waals surface area contributed by atoms with E-state index in [9.17, 15) is 0 Å². The fraction of sp³-hybridized carbons (Fsp3) is 0.0769. The SMILES string of the molecule is Cc1ccc(N2c3cccc4c3B3c5c2cc2c6cc(C)ccc6n6c2c5B2c5c(cccc5-6)N(c5ccc(C)cc5)c5cc6c7cc(C)ccc7n-4c6c3c52)cc1. The van der Waals surface area contributed by atoms with Crippen LogP contribution in [-0.2, 0) is 0 Å². The van der Waals surface area contributed by atoms with Gasteiger partial charge in [0.25, 0.3) is 13.4 Å². The number of aromatic nitrogens is 2. The maximum atomic E-state index is 2.64. The number of rotatable bonds is 2. The molecule has 0 bridgehead atoms. The second kappa shape index (κ2) is 9.78. The third-order valence-corrected chi connectivity index (χ3v) is 14.4. The molecular formula is C52H34B2N4. The molecule has 2 aromatic heterocycles. The highest BCUT2D eigenvalue weighted by molar-refractivity contribution is 7.16. The van der Waals surface area contributed by atoms with Gasteiger partial charge in [0.15, 0.2) is 0 Å². The smallest absolute Gasteiger partial charge is 0.251 e. The van der Waals surface area contributed by atoms with Crippen LogP contribution in [0.3, 0.4) is 0 Å². The monoisotopic (exact) mass is 736 g/mol. The van der Waals surface area contributed by atoms with Crippen molar-refractivity contribution in [3.05, 3.63) is 156 Å². The predicted octanol–water partition coefficient (Wildman–Crippen LogP) is 8.65. The van der Waals surface area contributed by atoms with Gasteiger partial charge < -0.3 is 18.9 Å². The summed E-state index contributed by atoms with van der Waals surface area (Å²) in [4.78, 5) is 5.21. The van der Waals surface area contributed by atoms with Crippen LogP contribution in [0.15, 0.2) is 133 Å². The molecule has 5 aliphatic heterocycles. The van der Waals surface area contributed by atoms with Gasteiger partial charge in [-0.15, -0.1) is 0 Å². The summed E-state index contributed by atoms with van der Waals surface area (Å²) in [6.07, 6.45) is 0. The molecule has 6 heteroatoms. The average Bonchev–Trinajstić information content (AvgIpc) is 3.74. The molecule has 0 atom stereocenters. The van der Waals surface area contributed by atoms with Crippen LogP contribution in [0, 0.1) is 27.7 Å². The molecule has 268 valence electrons. The van der Waals surface area contributed by atoms with Gasteiger partial charge in [-0.05, 0) is 145 Å². The van der Waals surface area contributed by atoms with Crippen LogP contribution in [0.25, 0.3) is 55.0 Å². The van der Waals surface area contributed by atoms with Crippen molar-refractivity contribution in [3.8, 4) is 11.4 Å². The summed E-state index contributed by atoms with van der Waals surface area (Å²) in [6, 6.07) is 51.8. The fourth-order valence-electron chi connectivity index (χ4n) is 12.2. The Labute approximate surface area is 336 Å². The lowest BCUT2D eigenvalue weighted by atomic mass is 9.18. The van der Waals surface area contributed by atoms with E-state index in [2.05, 4.69) is 180 Å². The normalized spacial score (nSPS) is 14.4. The van der Waals surface area contributed by atoms with Gasteiger partial charge in [0.05, 0.1) is 11.0 Å². The van der Waals surface area contributed by atoms with Crippen molar-refractivity contribution in [2.75, 3.05) is 9.80 Å². The van der Waals surface area contributed by atoms with Gasteiger partial charge in [-0.2, -0.15) is 0 Å². The number of anilines is 6. The van der Waals surface area contributed by atoms with Crippen LogP contribution in [0.4, 0.5) is 34.1 Å². The van der Waals surface area contributed by atoms with Gasteiger partial charge in [0, 0.05) is 78.1 Å². The van der Waals surface area contributed by atoms with Crippen molar-refractivity contribution in [3.63, 3.8) is 0 Å². The molecule has 0 unspecified atom stereocenters. The summed E-state index contributed by atoms with van der Waals surface area (Å²) in [5.74, 6) is 0. The van der Waals surface area contributed by atoms with Crippen molar-refractivity contribution in [1.82, 2.24) is 9.13 Å². The zero-order valence-electron chi connectivity index (χ0n) is 32.6. The first kappa shape index (κ1) is 30.3. The highest BCUT2D eigenvalue weighted by Gasteiger charge is 2.55. The largest absolute Gasteiger partial charge is 0.311 e. The van der Waals surface area contributed by atoms with Crippen molar-refractivity contribution in [2.45, 2.75) is 27.7 Å². The Morgan fingerprint density at radius 2 is 0.724 bits per heavy atom. The lowest BCUT2D eigenvalue weighted by Gasteiger charge is -2.49. The minimum absolute atomic E-state index is 0.0776. The molecule has 5 aliphatic rings. The van der Waals surface area contributed by atoms with E-state index >= 15 is 0 Å². The van der Waals surface area contributed by atoms with E-state index in [0.717, 1.165) is 0 Å². The van der Waals surface area contributed by atoms with Crippen LogP contribution in [0.5, 0.6) is 0 Å². The topological polar surface area (TPSA) is 16.3 Å². The molecule has 0 N–H and O–H groups in total. The third kappa shape index (κ3) is 3.24. The molecule has 0 aliphatic carbocycles. The zero-order valence-corrected chi connectivity index (χ0v) is 32.6. The molecule has 8 aromatic carbocycles. The minimum atomic E-state index is 0.0776. The highest BCUT2D eigenvalue weighted by atomic mass is 15.2. The second-order valence-electron chi connectivity index (χ2n) is 17.6. The first-order valence-electron chi connectivity index (χ1n) is 20.7. The number of aryl methyl sites for hydroxylation is 4. The van der Waals surface area contributed by atoms with Crippen molar-refractivity contribution in [2.24, 2.45) is 0 Å². The summed E-state index contributed by atoms with van der Waals surface area (Å²) in [5.41, 5.74) is 29.3. The Bertz CT molecular complexity index is 3390. The number of benzene rings is 8. The Morgan fingerprint density at radius 1 is 0.328 bits per heavy atom. The highest BCUT2D eigenvalue weighted by Crippen LogP contribution is 2.49. The van der Waals surface area contributed by atoms with Crippen LogP contribution < -0.4 is 42.6 Å². The van der Waals surface area contributed by atoms with Crippen LogP contribution in [0.1, 0.15) is 22.3 Å². The average molecular weight is 736 g/mol. The van der Waals surface area contributed by atoms with E-state index in [1.165, 1.54) is 144 Å². The lowest BCUT2D eigenvalue weighted by Crippen LogP contribution is -2.80. The third-order valence-electron chi connectivity index (χ3n) is 14.4. The number of fused-ring (bicyclic) bond motifs is 8. The Kier molecular flexibility index (Phi) is 5.10. The van der Waals surface area contributed by atoms with Crippen molar-refractivity contribution < 1.29 is 0 Å². The van der Waals surface area contributed by atoms with Crippen molar-refractivity contribution in [1.29, 1.82) is 0 Å². The first-order valence-corrected chi connectivity index (χ1v) is 20.7. The molecule has 4 nitrogen and oxygen atoms in total. The number of hydrogen-bond acceptors (Lipinski definition) is 2. The Morgan fingerprint density at radius 3 is 1.16 bits per heavy atom. The van der Waals surface area contributed by atoms with E-state index in [0.29, 0.717) is 0 Å². The summed E-state index contributed by atoms with van der Waals surface area (Å²) in [6.45, 7) is 9.01. The summed E-state index contributed by atoms with van der Waals surface area (Å²) < 4.78 is 5.27. The summed E-state index contributed by atoms with van der Waals surface area (Å²) >= 11 is 0. The van der Waals surface area contributed by atoms with Gasteiger partial charge in [0.1, 0.15) is 0 Å². The quantitative estimate of drug-likeness (QED) is 0.165. The van der Waals surface area contributed by atoms with E-state index in [1.807, 2.05) is 0 Å². The lowest BCUT2D eigenvalue weighted by molar-refractivity contribution is 1.16. The molecule has 0 saturated heterocycles. The first-order chi connectivity index (χ1) is 28.4. The van der Waals surface area contributed by atoms with Gasteiger partial charge in [-0.3, -0.25) is 0 Å². The van der Waals surface area contributed by atoms with Gasteiger partial charge in [-0.1, -0.05) is 70.8 Å². The van der Waals surface area contributed by atoms with E-state index < -0.39 is 0 Å². The van der Waals surface area contributed by atoms with Crippen LogP contribution in [-0.4, -0.2) is 22.6 Å². The Hall–Kier alpha value is -6.91. The van der Waals surface area contributed by atoms with E-state index in [-0.39, 0.29) is 13.4 Å². The van der Waals surface area contributed by atoms with E-state index in [1.54, 1.807) is 0 Å². The van der Waals surface area contributed by atoms with Gasteiger partial charge >= 0.3 is 0 Å². The molecule has 10 aromatic rings. The molecule has 15 rings (SSSR count). The molecule has 0 fully saturated rings. The van der Waals surface area contributed by atoms with Crippen LogP contribution in [0.2, 0.25) is 0 Å². The standard InChI is InChI=1S/C52H34B2N4/c1-27-11-17-31(18-12-27)55-39-7-5-9-41-45(39)53-47-43(55)25-35-33-23-29(3)15-21-37(33)58-42-10-6-8-40-46(42)54(49(47)51(35)58)48-44(56(40)32-19-13-28(2)14-20-32)26-36-34-24-30(4)16-22-38(34)57(41)52(36)50(48)53/h5-26H,1-4H3. The fourth-order valence-corrected chi connectivity index (χ4v) is 12.2. The zero-order chi connectivity index (χ0) is 38.0. The van der Waals surface area contributed by atoms with Crippen molar-refractivity contribution >= 4 is 124 Å². The Balaban J connectivity index is 1.23. The molecule has 58 heavy (non-hydrogen) atoms. The van der Waals surface area contributed by atoms with Gasteiger partial charge in [0.2, 0.25) is 0 Å². The van der Waals surface area contributed by atoms with Gasteiger partial charge in [-0.25, -0.2) is 0 Å². The molecule has 0 saturated carbocycles. The maximum Gasteiger partial charge on any atom is 0.251 e. The molecule has 0 amide bonds. The maximum absolute atomic E-state index is 2.64. The molecular weight excluding hydrogens is 702 g/mol. The summed E-state index contributed by atoms with van der Waals surface area (Å²) in [7, 11) is 0. The van der Waals surface area contributed by atoms with E-state index in [4.69, 9.17) is 0 Å². The predicted molar refractivity (Wildman–Crippen MR) is 246 cm³/mol. The van der Waals surface area contributed by atoms with Crippen LogP contribution >= 0.6 is 0 Å². The molecule has 0 radical (unpaired) electrons. The number of hydrogen-bond donors (Lipinski definition) is 0. The molecule has 7 heterocycles. The number of nitrogens with zero attached hydrogens (tertiary/aromatic N) is 4. The summed E-state index contributed by atoms with van der Waals surface area (Å²) in [5, 5.41) is 5.33. The molecule has 0 spiro atoms.